The van der Waals surface area contributed by atoms with E-state index in [2.05, 4.69) is 15.9 Å². The quantitative estimate of drug-likeness (QED) is 0.644. The first-order chi connectivity index (χ1) is 8.74. The van der Waals surface area contributed by atoms with Crippen LogP contribution in [0.2, 0.25) is 5.02 Å². The highest BCUT2D eigenvalue weighted by Gasteiger charge is 2.01. The predicted molar refractivity (Wildman–Crippen MR) is 76.1 cm³/mol. The fourth-order valence-electron chi connectivity index (χ4n) is 1.35. The molecule has 0 saturated carbocycles. The van der Waals surface area contributed by atoms with E-state index in [4.69, 9.17) is 25.8 Å². The third-order valence-electron chi connectivity index (χ3n) is 2.28. The number of rotatable bonds is 9. The van der Waals surface area contributed by atoms with Crippen LogP contribution >= 0.6 is 27.5 Å². The van der Waals surface area contributed by atoms with Gasteiger partial charge in [0.05, 0.1) is 19.8 Å². The van der Waals surface area contributed by atoms with E-state index in [1.54, 1.807) is 7.11 Å². The van der Waals surface area contributed by atoms with Crippen LogP contribution in [-0.2, 0) is 20.8 Å². The summed E-state index contributed by atoms with van der Waals surface area (Å²) in [5.74, 6) is 0. The van der Waals surface area contributed by atoms with Crippen molar-refractivity contribution in [1.82, 2.24) is 0 Å². The minimum absolute atomic E-state index is 0.507. The van der Waals surface area contributed by atoms with Crippen molar-refractivity contribution in [3.05, 3.63) is 33.3 Å². The van der Waals surface area contributed by atoms with Gasteiger partial charge in [-0.25, -0.2) is 0 Å². The molecule has 0 saturated heterocycles. The Bertz CT molecular complexity index is 347. The maximum absolute atomic E-state index is 6.07. The van der Waals surface area contributed by atoms with Crippen LogP contribution < -0.4 is 0 Å². The Labute approximate surface area is 121 Å². The van der Waals surface area contributed by atoms with Crippen LogP contribution in [0.15, 0.2) is 22.7 Å². The van der Waals surface area contributed by atoms with Gasteiger partial charge < -0.3 is 14.2 Å². The minimum Gasteiger partial charge on any atom is -0.385 e. The minimum atomic E-state index is 0.507. The summed E-state index contributed by atoms with van der Waals surface area (Å²) >= 11 is 9.44. The van der Waals surface area contributed by atoms with Crippen molar-refractivity contribution in [2.45, 2.75) is 13.0 Å². The van der Waals surface area contributed by atoms with Crippen LogP contribution in [-0.4, -0.2) is 33.5 Å². The third kappa shape index (κ3) is 6.71. The normalized spacial score (nSPS) is 10.8. The second kappa shape index (κ2) is 9.75. The zero-order chi connectivity index (χ0) is 13.2. The molecule has 0 aromatic heterocycles. The molecule has 0 amide bonds. The monoisotopic (exact) mass is 336 g/mol. The van der Waals surface area contributed by atoms with E-state index in [-0.39, 0.29) is 0 Å². The van der Waals surface area contributed by atoms with E-state index in [0.29, 0.717) is 31.5 Å². The van der Waals surface area contributed by atoms with Crippen molar-refractivity contribution in [3.63, 3.8) is 0 Å². The molecule has 18 heavy (non-hydrogen) atoms. The lowest BCUT2D eigenvalue weighted by Crippen LogP contribution is -2.06. The van der Waals surface area contributed by atoms with Crippen molar-refractivity contribution < 1.29 is 14.2 Å². The highest BCUT2D eigenvalue weighted by Crippen LogP contribution is 2.21. The fourth-order valence-corrected chi connectivity index (χ4v) is 2.07. The molecule has 0 heterocycles. The van der Waals surface area contributed by atoms with Crippen molar-refractivity contribution >= 4 is 27.5 Å². The van der Waals surface area contributed by atoms with Crippen molar-refractivity contribution in [2.24, 2.45) is 0 Å². The highest BCUT2D eigenvalue weighted by atomic mass is 79.9. The number of hydrogen-bond donors (Lipinski definition) is 0. The first-order valence-electron chi connectivity index (χ1n) is 5.82. The van der Waals surface area contributed by atoms with Crippen LogP contribution in [0.4, 0.5) is 0 Å². The lowest BCUT2D eigenvalue weighted by Gasteiger charge is -2.07. The molecule has 3 nitrogen and oxygen atoms in total. The number of methoxy groups -OCH3 is 1. The van der Waals surface area contributed by atoms with E-state index in [1.807, 2.05) is 18.2 Å². The van der Waals surface area contributed by atoms with E-state index < -0.39 is 0 Å². The molecule has 0 aliphatic heterocycles. The zero-order valence-electron chi connectivity index (χ0n) is 10.5. The van der Waals surface area contributed by atoms with Gasteiger partial charge >= 0.3 is 0 Å². The summed E-state index contributed by atoms with van der Waals surface area (Å²) in [7, 11) is 1.69. The van der Waals surface area contributed by atoms with Gasteiger partial charge in [-0.3, -0.25) is 0 Å². The summed E-state index contributed by atoms with van der Waals surface area (Å²) < 4.78 is 16.8. The summed E-state index contributed by atoms with van der Waals surface area (Å²) in [6.45, 7) is 3.11. The van der Waals surface area contributed by atoms with E-state index >= 15 is 0 Å². The van der Waals surface area contributed by atoms with Gasteiger partial charge in [0.2, 0.25) is 0 Å². The molecule has 0 aliphatic carbocycles. The van der Waals surface area contributed by atoms with Crippen LogP contribution in [0.3, 0.4) is 0 Å². The fraction of sp³-hybridized carbons (Fsp3) is 0.538. The van der Waals surface area contributed by atoms with Crippen LogP contribution in [0.25, 0.3) is 0 Å². The largest absolute Gasteiger partial charge is 0.385 e. The molecular weight excluding hydrogens is 319 g/mol. The number of halogens is 2. The molecule has 0 aliphatic rings. The van der Waals surface area contributed by atoms with Gasteiger partial charge in [0.15, 0.2) is 0 Å². The summed E-state index contributed by atoms with van der Waals surface area (Å²) in [6, 6.07) is 5.76. The molecule has 1 aromatic carbocycles. The molecule has 1 aromatic rings. The van der Waals surface area contributed by atoms with Gasteiger partial charge in [-0.2, -0.15) is 0 Å². The summed E-state index contributed by atoms with van der Waals surface area (Å²) in [5.41, 5.74) is 0.985. The SMILES string of the molecule is COCCCOCCOCc1ccc(Br)cc1Cl. The van der Waals surface area contributed by atoms with Crippen LogP contribution in [0.1, 0.15) is 12.0 Å². The number of benzene rings is 1. The molecule has 102 valence electrons. The second-order valence-electron chi connectivity index (χ2n) is 3.75. The lowest BCUT2D eigenvalue weighted by molar-refractivity contribution is 0.0337. The van der Waals surface area contributed by atoms with Gasteiger partial charge in [-0.1, -0.05) is 33.6 Å². The van der Waals surface area contributed by atoms with Crippen molar-refractivity contribution in [1.29, 1.82) is 0 Å². The van der Waals surface area contributed by atoms with E-state index in [1.165, 1.54) is 0 Å². The summed E-state index contributed by atoms with van der Waals surface area (Å²) in [5, 5.41) is 0.713. The smallest absolute Gasteiger partial charge is 0.0732 e. The van der Waals surface area contributed by atoms with Crippen LogP contribution in [0, 0.1) is 0 Å². The summed E-state index contributed by atoms with van der Waals surface area (Å²) in [4.78, 5) is 0. The number of hydrogen-bond acceptors (Lipinski definition) is 3. The molecule has 0 fully saturated rings. The molecule has 0 bridgehead atoms. The van der Waals surface area contributed by atoms with Gasteiger partial charge in [0.25, 0.3) is 0 Å². The third-order valence-corrected chi connectivity index (χ3v) is 3.13. The first-order valence-corrected chi connectivity index (χ1v) is 6.99. The van der Waals surface area contributed by atoms with Crippen LogP contribution in [0.5, 0.6) is 0 Å². The summed E-state index contributed by atoms with van der Waals surface area (Å²) in [6.07, 6.45) is 0.912. The van der Waals surface area contributed by atoms with Gasteiger partial charge in [0.1, 0.15) is 0 Å². The second-order valence-corrected chi connectivity index (χ2v) is 5.07. The Morgan fingerprint density at radius 1 is 1.11 bits per heavy atom. The molecular formula is C13H18BrClO3. The Hall–Kier alpha value is -0.130. The molecule has 5 heteroatoms. The Morgan fingerprint density at radius 2 is 1.89 bits per heavy atom. The van der Waals surface area contributed by atoms with Gasteiger partial charge in [-0.05, 0) is 24.1 Å². The van der Waals surface area contributed by atoms with E-state index in [0.717, 1.165) is 23.1 Å². The highest BCUT2D eigenvalue weighted by molar-refractivity contribution is 9.10. The Morgan fingerprint density at radius 3 is 2.61 bits per heavy atom. The van der Waals surface area contributed by atoms with Crippen molar-refractivity contribution in [3.8, 4) is 0 Å². The average Bonchev–Trinajstić information content (AvgIpc) is 2.35. The Kier molecular flexibility index (Phi) is 8.63. The molecule has 0 radical (unpaired) electrons. The Balaban J connectivity index is 2.07. The van der Waals surface area contributed by atoms with Crippen molar-refractivity contribution in [2.75, 3.05) is 33.5 Å². The number of ether oxygens (including phenoxy) is 3. The molecule has 0 unspecified atom stereocenters. The van der Waals surface area contributed by atoms with E-state index in [9.17, 15) is 0 Å². The van der Waals surface area contributed by atoms with Gasteiger partial charge in [0, 0.05) is 29.8 Å². The lowest BCUT2D eigenvalue weighted by atomic mass is 10.2. The average molecular weight is 338 g/mol. The molecule has 1 rings (SSSR count). The molecule has 0 spiro atoms. The molecule has 0 atom stereocenters. The molecule has 0 N–H and O–H groups in total. The maximum atomic E-state index is 6.07. The maximum Gasteiger partial charge on any atom is 0.0732 e. The zero-order valence-corrected chi connectivity index (χ0v) is 12.8. The standard InChI is InChI=1S/C13H18BrClO3/c1-16-5-2-6-17-7-8-18-10-11-3-4-12(14)9-13(11)15/h3-4,9H,2,5-8,10H2,1H3. The predicted octanol–water partition coefficient (Wildman–Crippen LogP) is 3.67. The first kappa shape index (κ1) is 15.9. The van der Waals surface area contributed by atoms with Gasteiger partial charge in [-0.15, -0.1) is 0 Å². The topological polar surface area (TPSA) is 27.7 Å².